The minimum Gasteiger partial charge on any atom is -0.337 e. The third-order valence-corrected chi connectivity index (χ3v) is 4.22. The highest BCUT2D eigenvalue weighted by Gasteiger charge is 2.29. The lowest BCUT2D eigenvalue weighted by Crippen LogP contribution is -2.47. The van der Waals surface area contributed by atoms with Gasteiger partial charge in [-0.15, -0.1) is 12.4 Å². The normalized spacial score (nSPS) is 24.1. The number of amides is 2. The molecule has 0 aromatic carbocycles. The molecule has 2 aliphatic rings. The van der Waals surface area contributed by atoms with E-state index in [4.69, 9.17) is 5.73 Å². The number of halogens is 1. The fourth-order valence-electron chi connectivity index (χ4n) is 3.05. The summed E-state index contributed by atoms with van der Waals surface area (Å²) in [6, 6.07) is 0.178. The van der Waals surface area contributed by atoms with Crippen LogP contribution < -0.4 is 5.73 Å². The first-order valence-corrected chi connectivity index (χ1v) is 7.49. The first-order chi connectivity index (χ1) is 9.22. The van der Waals surface area contributed by atoms with Crippen molar-refractivity contribution in [2.75, 3.05) is 26.2 Å². The zero-order valence-corrected chi connectivity index (χ0v) is 12.9. The molecular formula is C14H26ClN3O2. The Morgan fingerprint density at radius 2 is 1.90 bits per heavy atom. The molecule has 0 aromatic heterocycles. The largest absolute Gasteiger partial charge is 0.337 e. The zero-order valence-electron chi connectivity index (χ0n) is 12.1. The number of nitrogens with two attached hydrogens (primary N) is 1. The Labute approximate surface area is 127 Å². The summed E-state index contributed by atoms with van der Waals surface area (Å²) in [6.45, 7) is 2.30. The standard InChI is InChI=1S/C14H25N3O2.ClH/c15-10-12-6-5-9-17(12)14(19)11-16-8-4-2-1-3-7-13(16)18;/h12H,1-11,15H2;1H. The molecule has 1 unspecified atom stereocenters. The number of carbonyl (C=O) groups excluding carboxylic acids is 2. The molecule has 20 heavy (non-hydrogen) atoms. The molecule has 2 aliphatic heterocycles. The molecule has 0 aromatic rings. The summed E-state index contributed by atoms with van der Waals surface area (Å²) in [5, 5.41) is 0. The summed E-state index contributed by atoms with van der Waals surface area (Å²) in [7, 11) is 0. The summed E-state index contributed by atoms with van der Waals surface area (Å²) in [6.07, 6.45) is 6.88. The first kappa shape index (κ1) is 17.2. The van der Waals surface area contributed by atoms with Crippen LogP contribution >= 0.6 is 12.4 Å². The highest BCUT2D eigenvalue weighted by Crippen LogP contribution is 2.17. The third kappa shape index (κ3) is 4.35. The Bertz CT molecular complexity index is 338. The lowest BCUT2D eigenvalue weighted by atomic mass is 10.1. The van der Waals surface area contributed by atoms with Crippen LogP contribution in [0.2, 0.25) is 0 Å². The van der Waals surface area contributed by atoms with Gasteiger partial charge in [-0.05, 0) is 25.7 Å². The highest BCUT2D eigenvalue weighted by molar-refractivity contribution is 5.85. The Morgan fingerprint density at radius 3 is 2.65 bits per heavy atom. The van der Waals surface area contributed by atoms with Gasteiger partial charge in [0.05, 0.1) is 6.54 Å². The molecular weight excluding hydrogens is 278 g/mol. The molecule has 2 N–H and O–H groups in total. The van der Waals surface area contributed by atoms with Gasteiger partial charge in [0.15, 0.2) is 0 Å². The Morgan fingerprint density at radius 1 is 1.15 bits per heavy atom. The lowest BCUT2D eigenvalue weighted by molar-refractivity contribution is -0.141. The van der Waals surface area contributed by atoms with E-state index in [0.29, 0.717) is 13.0 Å². The number of nitrogens with zero attached hydrogens (tertiary/aromatic N) is 2. The van der Waals surface area contributed by atoms with Crippen molar-refractivity contribution in [3.8, 4) is 0 Å². The molecule has 2 rings (SSSR count). The smallest absolute Gasteiger partial charge is 0.242 e. The average Bonchev–Trinajstić information content (AvgIpc) is 2.86. The topological polar surface area (TPSA) is 66.6 Å². The summed E-state index contributed by atoms with van der Waals surface area (Å²) in [5.74, 6) is 0.207. The first-order valence-electron chi connectivity index (χ1n) is 7.49. The van der Waals surface area contributed by atoms with Crippen molar-refractivity contribution in [3.05, 3.63) is 0 Å². The Hall–Kier alpha value is -0.810. The SMILES string of the molecule is Cl.NCC1CCCN1C(=O)CN1CCCCCCC1=O. The summed E-state index contributed by atoms with van der Waals surface area (Å²) in [4.78, 5) is 27.9. The summed E-state index contributed by atoms with van der Waals surface area (Å²) < 4.78 is 0. The molecule has 0 radical (unpaired) electrons. The van der Waals surface area contributed by atoms with Crippen molar-refractivity contribution in [1.29, 1.82) is 0 Å². The number of hydrogen-bond donors (Lipinski definition) is 1. The second-order valence-electron chi connectivity index (χ2n) is 5.60. The number of carbonyl (C=O) groups is 2. The Kier molecular flexibility index (Phi) is 7.30. The molecule has 116 valence electrons. The van der Waals surface area contributed by atoms with Crippen LogP contribution in [0.1, 0.15) is 44.9 Å². The molecule has 2 amide bonds. The van der Waals surface area contributed by atoms with Gasteiger partial charge < -0.3 is 15.5 Å². The van der Waals surface area contributed by atoms with E-state index in [2.05, 4.69) is 0 Å². The van der Waals surface area contributed by atoms with Crippen molar-refractivity contribution in [1.82, 2.24) is 9.80 Å². The molecule has 2 heterocycles. The number of hydrogen-bond acceptors (Lipinski definition) is 3. The van der Waals surface area contributed by atoms with Crippen LogP contribution in [0, 0.1) is 0 Å². The molecule has 0 spiro atoms. The van der Waals surface area contributed by atoms with Crippen molar-refractivity contribution in [2.45, 2.75) is 51.0 Å². The molecule has 2 saturated heterocycles. The van der Waals surface area contributed by atoms with Gasteiger partial charge in [-0.25, -0.2) is 0 Å². The van der Waals surface area contributed by atoms with Crippen LogP contribution in [0.5, 0.6) is 0 Å². The van der Waals surface area contributed by atoms with E-state index >= 15 is 0 Å². The fraction of sp³-hybridized carbons (Fsp3) is 0.857. The summed E-state index contributed by atoms with van der Waals surface area (Å²) >= 11 is 0. The quantitative estimate of drug-likeness (QED) is 0.850. The minimum absolute atomic E-state index is 0. The maximum Gasteiger partial charge on any atom is 0.242 e. The average molecular weight is 304 g/mol. The van der Waals surface area contributed by atoms with E-state index in [1.54, 1.807) is 4.90 Å². The van der Waals surface area contributed by atoms with Crippen LogP contribution in [0.15, 0.2) is 0 Å². The van der Waals surface area contributed by atoms with Crippen molar-refractivity contribution in [3.63, 3.8) is 0 Å². The van der Waals surface area contributed by atoms with Gasteiger partial charge >= 0.3 is 0 Å². The van der Waals surface area contributed by atoms with Crippen LogP contribution in [-0.2, 0) is 9.59 Å². The molecule has 0 saturated carbocycles. The van der Waals surface area contributed by atoms with E-state index < -0.39 is 0 Å². The molecule has 0 aliphatic carbocycles. The number of rotatable bonds is 3. The van der Waals surface area contributed by atoms with Crippen molar-refractivity contribution >= 4 is 24.2 Å². The molecule has 0 bridgehead atoms. The van der Waals surface area contributed by atoms with Gasteiger partial charge in [-0.2, -0.15) is 0 Å². The molecule has 2 fully saturated rings. The maximum atomic E-state index is 12.3. The predicted molar refractivity (Wildman–Crippen MR) is 80.7 cm³/mol. The van der Waals surface area contributed by atoms with E-state index in [1.165, 1.54) is 0 Å². The van der Waals surface area contributed by atoms with Gasteiger partial charge in [-0.3, -0.25) is 9.59 Å². The van der Waals surface area contributed by atoms with E-state index in [9.17, 15) is 9.59 Å². The van der Waals surface area contributed by atoms with Crippen LogP contribution in [0.25, 0.3) is 0 Å². The maximum absolute atomic E-state index is 12.3. The zero-order chi connectivity index (χ0) is 13.7. The van der Waals surface area contributed by atoms with Gasteiger partial charge in [-0.1, -0.05) is 12.8 Å². The predicted octanol–water partition coefficient (Wildman–Crippen LogP) is 1.15. The van der Waals surface area contributed by atoms with Gasteiger partial charge in [0.25, 0.3) is 0 Å². The molecule has 5 nitrogen and oxygen atoms in total. The monoisotopic (exact) mass is 303 g/mol. The second-order valence-corrected chi connectivity index (χ2v) is 5.60. The van der Waals surface area contributed by atoms with Crippen LogP contribution in [0.4, 0.5) is 0 Å². The van der Waals surface area contributed by atoms with E-state index in [-0.39, 0.29) is 36.8 Å². The fourth-order valence-corrected chi connectivity index (χ4v) is 3.05. The van der Waals surface area contributed by atoms with Crippen molar-refractivity contribution in [2.24, 2.45) is 5.73 Å². The van der Waals surface area contributed by atoms with Crippen LogP contribution in [0.3, 0.4) is 0 Å². The minimum atomic E-state index is 0. The lowest BCUT2D eigenvalue weighted by Gasteiger charge is -2.29. The van der Waals surface area contributed by atoms with E-state index in [1.807, 2.05) is 4.90 Å². The van der Waals surface area contributed by atoms with Crippen LogP contribution in [-0.4, -0.2) is 53.8 Å². The van der Waals surface area contributed by atoms with Gasteiger partial charge in [0.1, 0.15) is 0 Å². The summed E-state index contributed by atoms with van der Waals surface area (Å²) in [5.41, 5.74) is 5.69. The molecule has 6 heteroatoms. The van der Waals surface area contributed by atoms with Gasteiger partial charge in [0.2, 0.25) is 11.8 Å². The Balaban J connectivity index is 0.00000200. The molecule has 1 atom stereocenters. The van der Waals surface area contributed by atoms with E-state index in [0.717, 1.165) is 51.6 Å². The van der Waals surface area contributed by atoms with Gasteiger partial charge in [0, 0.05) is 32.1 Å². The highest BCUT2D eigenvalue weighted by atomic mass is 35.5. The van der Waals surface area contributed by atoms with Crippen molar-refractivity contribution < 1.29 is 9.59 Å². The second kappa shape index (κ2) is 8.47. The third-order valence-electron chi connectivity index (χ3n) is 4.22. The number of likely N-dealkylation sites (tertiary alicyclic amines) is 2.